The number of carbonyl (C=O) groups excluding carboxylic acids is 2. The number of carboxylic acids is 1. The van der Waals surface area contributed by atoms with Gasteiger partial charge in [0, 0.05) is 4.88 Å². The van der Waals surface area contributed by atoms with E-state index in [1.807, 2.05) is 0 Å². The first-order valence-corrected chi connectivity index (χ1v) is 12.3. The molecule has 1 aromatic heterocycles. The Balaban J connectivity index is 1.63. The van der Waals surface area contributed by atoms with Gasteiger partial charge in [0.25, 0.3) is 0 Å². The Bertz CT molecular complexity index is 899. The Labute approximate surface area is 187 Å². The lowest BCUT2D eigenvalue weighted by atomic mass is 9.72. The summed E-state index contributed by atoms with van der Waals surface area (Å²) in [6.07, 6.45) is 5.29. The number of hydrogen-bond acceptors (Lipinski definition) is 5. The van der Waals surface area contributed by atoms with E-state index in [0.717, 1.165) is 49.0 Å². The second-order valence-corrected chi connectivity index (χ2v) is 11.6. The summed E-state index contributed by atoms with van der Waals surface area (Å²) in [6, 6.07) is 0. The van der Waals surface area contributed by atoms with Crippen molar-refractivity contribution >= 4 is 34.2 Å². The molecule has 31 heavy (non-hydrogen) atoms. The molecule has 0 radical (unpaired) electrons. The predicted octanol–water partition coefficient (Wildman–Crippen LogP) is 4.76. The van der Waals surface area contributed by atoms with E-state index in [1.54, 1.807) is 6.92 Å². The minimum Gasteiger partial charge on any atom is -0.481 e. The lowest BCUT2D eigenvalue weighted by Crippen LogP contribution is -2.38. The highest BCUT2D eigenvalue weighted by molar-refractivity contribution is 7.17. The van der Waals surface area contributed by atoms with Crippen molar-refractivity contribution in [2.24, 2.45) is 35.0 Å². The number of esters is 1. The molecule has 5 atom stereocenters. The van der Waals surface area contributed by atoms with Crippen molar-refractivity contribution in [3.63, 3.8) is 0 Å². The molecule has 0 spiro atoms. The third-order valence-electron chi connectivity index (χ3n) is 7.71. The monoisotopic (exact) mass is 447 g/mol. The number of aliphatic carboxylic acids is 1. The van der Waals surface area contributed by atoms with Gasteiger partial charge in [0.2, 0.25) is 5.91 Å². The first-order valence-electron chi connectivity index (χ1n) is 11.5. The molecule has 1 heterocycles. The number of thiophene rings is 1. The Morgan fingerprint density at radius 1 is 1.13 bits per heavy atom. The standard InChI is InChI=1S/C24H33NO5S/c1-5-30-23(29)19-15-9-8-14(24(2,3)4)11-16(15)31-21(19)25-20(26)17-12-6-7-13(10-12)18(17)22(27)28/h12-14,17-18H,5-11H2,1-4H3,(H,25,26)(H,27,28)/t12-,13-,14-,17+,18-/m0/s1. The van der Waals surface area contributed by atoms with Gasteiger partial charge in [-0.25, -0.2) is 4.79 Å². The Morgan fingerprint density at radius 2 is 1.81 bits per heavy atom. The minimum absolute atomic E-state index is 0.0897. The van der Waals surface area contributed by atoms with Crippen LogP contribution in [0.25, 0.3) is 0 Å². The van der Waals surface area contributed by atoms with Gasteiger partial charge in [-0.2, -0.15) is 0 Å². The van der Waals surface area contributed by atoms with Crippen LogP contribution in [-0.2, 0) is 27.2 Å². The first-order chi connectivity index (χ1) is 14.6. The van der Waals surface area contributed by atoms with E-state index in [2.05, 4.69) is 26.1 Å². The van der Waals surface area contributed by atoms with Gasteiger partial charge in [-0.1, -0.05) is 20.8 Å². The molecule has 3 aliphatic carbocycles. The summed E-state index contributed by atoms with van der Waals surface area (Å²) in [5, 5.41) is 13.2. The van der Waals surface area contributed by atoms with Crippen molar-refractivity contribution in [2.45, 2.75) is 66.2 Å². The maximum Gasteiger partial charge on any atom is 0.341 e. The fourth-order valence-electron chi connectivity index (χ4n) is 6.05. The van der Waals surface area contributed by atoms with Crippen LogP contribution in [0.2, 0.25) is 0 Å². The SMILES string of the molecule is CCOC(=O)c1c(NC(=O)[C@@H]2[C@H]3CC[C@@H](C3)[C@@H]2C(=O)O)sc2c1CC[C@H](C(C)(C)C)C2. The minimum atomic E-state index is -0.878. The molecule has 0 unspecified atom stereocenters. The molecule has 6 nitrogen and oxygen atoms in total. The molecule has 2 N–H and O–H groups in total. The van der Waals surface area contributed by atoms with E-state index in [1.165, 1.54) is 11.3 Å². The zero-order chi connectivity index (χ0) is 22.5. The van der Waals surface area contributed by atoms with Crippen LogP contribution in [0.15, 0.2) is 0 Å². The number of carboxylic acid groups (broad SMARTS) is 1. The van der Waals surface area contributed by atoms with Gasteiger partial charge >= 0.3 is 11.9 Å². The molecule has 0 saturated heterocycles. The Kier molecular flexibility index (Phi) is 5.92. The number of hydrogen-bond donors (Lipinski definition) is 2. The molecule has 3 aliphatic rings. The van der Waals surface area contributed by atoms with Crippen LogP contribution < -0.4 is 5.32 Å². The maximum absolute atomic E-state index is 13.3. The summed E-state index contributed by atoms with van der Waals surface area (Å²) in [5.41, 5.74) is 1.66. The normalized spacial score (nSPS) is 29.5. The molecule has 2 fully saturated rings. The third-order valence-corrected chi connectivity index (χ3v) is 8.88. The molecule has 0 aromatic carbocycles. The Morgan fingerprint density at radius 3 is 2.42 bits per heavy atom. The van der Waals surface area contributed by atoms with Crippen molar-refractivity contribution in [3.05, 3.63) is 16.0 Å². The average Bonchev–Trinajstić information content (AvgIpc) is 3.38. The maximum atomic E-state index is 13.3. The fraction of sp³-hybridized carbons (Fsp3) is 0.708. The van der Waals surface area contributed by atoms with Crippen molar-refractivity contribution in [2.75, 3.05) is 11.9 Å². The molecule has 4 rings (SSSR count). The highest BCUT2D eigenvalue weighted by atomic mass is 32.1. The van der Waals surface area contributed by atoms with Crippen LogP contribution in [-0.4, -0.2) is 29.6 Å². The number of anilines is 1. The van der Waals surface area contributed by atoms with Crippen molar-refractivity contribution < 1.29 is 24.2 Å². The lowest BCUT2D eigenvalue weighted by Gasteiger charge is -2.33. The first kappa shape index (κ1) is 22.3. The summed E-state index contributed by atoms with van der Waals surface area (Å²) in [5.74, 6) is -1.94. The number of nitrogens with one attached hydrogen (secondary N) is 1. The molecule has 170 valence electrons. The number of amides is 1. The lowest BCUT2D eigenvalue weighted by molar-refractivity contribution is -0.148. The molecular formula is C24H33NO5S. The van der Waals surface area contributed by atoms with Gasteiger partial charge in [-0.3, -0.25) is 9.59 Å². The topological polar surface area (TPSA) is 92.7 Å². The van der Waals surface area contributed by atoms with E-state index < -0.39 is 23.8 Å². The highest BCUT2D eigenvalue weighted by Gasteiger charge is 2.54. The zero-order valence-electron chi connectivity index (χ0n) is 18.8. The quantitative estimate of drug-likeness (QED) is 0.635. The number of fused-ring (bicyclic) bond motifs is 3. The molecule has 2 bridgehead atoms. The fourth-order valence-corrected chi connectivity index (χ4v) is 7.37. The molecule has 7 heteroatoms. The van der Waals surface area contributed by atoms with Crippen LogP contribution in [0.1, 0.15) is 74.2 Å². The van der Waals surface area contributed by atoms with Crippen LogP contribution in [0.3, 0.4) is 0 Å². The van der Waals surface area contributed by atoms with Crippen molar-refractivity contribution in [1.82, 2.24) is 0 Å². The summed E-state index contributed by atoms with van der Waals surface area (Å²) in [7, 11) is 0. The van der Waals surface area contributed by atoms with Gasteiger partial charge in [0.1, 0.15) is 5.00 Å². The van der Waals surface area contributed by atoms with Gasteiger partial charge in [-0.15, -0.1) is 11.3 Å². The predicted molar refractivity (Wildman–Crippen MR) is 119 cm³/mol. The van der Waals surface area contributed by atoms with E-state index >= 15 is 0 Å². The summed E-state index contributed by atoms with van der Waals surface area (Å²) in [4.78, 5) is 39.1. The van der Waals surface area contributed by atoms with Crippen LogP contribution in [0.4, 0.5) is 5.00 Å². The van der Waals surface area contributed by atoms with Crippen molar-refractivity contribution in [1.29, 1.82) is 0 Å². The molecule has 1 amide bonds. The second-order valence-electron chi connectivity index (χ2n) is 10.4. The highest BCUT2D eigenvalue weighted by Crippen LogP contribution is 2.53. The summed E-state index contributed by atoms with van der Waals surface area (Å²) in [6.45, 7) is 8.78. The number of carbonyl (C=O) groups is 3. The molecule has 1 aromatic rings. The molecule has 2 saturated carbocycles. The second kappa shape index (κ2) is 8.23. The summed E-state index contributed by atoms with van der Waals surface area (Å²) < 4.78 is 5.33. The summed E-state index contributed by atoms with van der Waals surface area (Å²) >= 11 is 1.47. The van der Waals surface area contributed by atoms with E-state index in [-0.39, 0.29) is 29.8 Å². The third kappa shape index (κ3) is 4.01. The van der Waals surface area contributed by atoms with Crippen molar-refractivity contribution in [3.8, 4) is 0 Å². The van der Waals surface area contributed by atoms with Gasteiger partial charge < -0.3 is 15.2 Å². The number of rotatable bonds is 5. The molecular weight excluding hydrogens is 414 g/mol. The van der Waals surface area contributed by atoms with E-state index in [4.69, 9.17) is 4.74 Å². The largest absolute Gasteiger partial charge is 0.481 e. The zero-order valence-corrected chi connectivity index (χ0v) is 19.6. The van der Waals surface area contributed by atoms with E-state index in [9.17, 15) is 19.5 Å². The smallest absolute Gasteiger partial charge is 0.341 e. The van der Waals surface area contributed by atoms with Crippen LogP contribution >= 0.6 is 11.3 Å². The van der Waals surface area contributed by atoms with Gasteiger partial charge in [-0.05, 0) is 74.2 Å². The van der Waals surface area contributed by atoms with Gasteiger partial charge in [0.15, 0.2) is 0 Å². The van der Waals surface area contributed by atoms with Gasteiger partial charge in [0.05, 0.1) is 24.0 Å². The number of ether oxygens (including phenoxy) is 1. The Hall–Kier alpha value is -1.89. The molecule has 0 aliphatic heterocycles. The van der Waals surface area contributed by atoms with Crippen LogP contribution in [0, 0.1) is 35.0 Å². The average molecular weight is 448 g/mol. The van der Waals surface area contributed by atoms with E-state index in [0.29, 0.717) is 16.5 Å². The van der Waals surface area contributed by atoms with Crippen LogP contribution in [0.5, 0.6) is 0 Å².